The molecule has 0 saturated carbocycles. The molecular weight excluding hydrogens is 361 g/mol. The van der Waals surface area contributed by atoms with Gasteiger partial charge in [0, 0.05) is 12.1 Å². The molecule has 0 amide bonds. The maximum Gasteiger partial charge on any atom is 0.244 e. The van der Waals surface area contributed by atoms with E-state index in [-0.39, 0.29) is 0 Å². The third-order valence-electron chi connectivity index (χ3n) is 3.40. The van der Waals surface area contributed by atoms with Crippen molar-refractivity contribution in [2.24, 2.45) is 0 Å². The number of nitrogens with one attached hydrogen (secondary N) is 2. The maximum atomic E-state index is 6.15. The standard InChI is InChI=1S/C17H15Cl2N5O/c1-25-14-8-3-2-5-11(14)9-20-17-23-15(10-21-24-17)22-16-12(18)6-4-7-13(16)19/h2-8,10H,9H2,1H3,(H2,20,22,23,24). The monoisotopic (exact) mass is 375 g/mol. The Morgan fingerprint density at radius 3 is 2.56 bits per heavy atom. The molecule has 0 radical (unpaired) electrons. The molecule has 0 atom stereocenters. The third-order valence-corrected chi connectivity index (χ3v) is 4.03. The number of halogens is 2. The Kier molecular flexibility index (Phi) is 5.53. The quantitative estimate of drug-likeness (QED) is 0.658. The Bertz CT molecular complexity index is 855. The van der Waals surface area contributed by atoms with Crippen molar-refractivity contribution in [1.29, 1.82) is 0 Å². The lowest BCUT2D eigenvalue weighted by atomic mass is 10.2. The second-order valence-electron chi connectivity index (χ2n) is 5.05. The summed E-state index contributed by atoms with van der Waals surface area (Å²) in [5.74, 6) is 1.65. The Morgan fingerprint density at radius 2 is 1.80 bits per heavy atom. The number of anilines is 3. The molecule has 0 spiro atoms. The van der Waals surface area contributed by atoms with Gasteiger partial charge in [0.1, 0.15) is 5.75 Å². The fraction of sp³-hybridized carbons (Fsp3) is 0.118. The SMILES string of the molecule is COc1ccccc1CNc1nncc(Nc2c(Cl)cccc2Cl)n1. The smallest absolute Gasteiger partial charge is 0.244 e. The summed E-state index contributed by atoms with van der Waals surface area (Å²) in [5, 5.41) is 15.1. The van der Waals surface area contributed by atoms with Crippen LogP contribution in [0.1, 0.15) is 5.56 Å². The Labute approximate surface area is 155 Å². The van der Waals surface area contributed by atoms with Crippen molar-refractivity contribution >= 4 is 40.7 Å². The molecule has 0 aliphatic heterocycles. The largest absolute Gasteiger partial charge is 0.496 e. The molecule has 0 saturated heterocycles. The van der Waals surface area contributed by atoms with Crippen molar-refractivity contribution in [2.45, 2.75) is 6.54 Å². The van der Waals surface area contributed by atoms with Gasteiger partial charge in [-0.2, -0.15) is 10.1 Å². The van der Waals surface area contributed by atoms with Crippen LogP contribution in [0.4, 0.5) is 17.5 Å². The zero-order chi connectivity index (χ0) is 17.6. The first-order chi connectivity index (χ1) is 12.2. The van der Waals surface area contributed by atoms with E-state index in [9.17, 15) is 0 Å². The summed E-state index contributed by atoms with van der Waals surface area (Å²) in [6, 6.07) is 13.0. The van der Waals surface area contributed by atoms with Gasteiger partial charge in [0.2, 0.25) is 5.95 Å². The first kappa shape index (κ1) is 17.3. The lowest BCUT2D eigenvalue weighted by Crippen LogP contribution is -2.07. The van der Waals surface area contributed by atoms with Gasteiger partial charge >= 0.3 is 0 Å². The number of benzene rings is 2. The fourth-order valence-corrected chi connectivity index (χ4v) is 2.70. The van der Waals surface area contributed by atoms with Gasteiger partial charge in [0.05, 0.1) is 29.0 Å². The van der Waals surface area contributed by atoms with Crippen LogP contribution in [0.2, 0.25) is 10.0 Å². The average molecular weight is 376 g/mol. The van der Waals surface area contributed by atoms with Crippen LogP contribution in [-0.2, 0) is 6.54 Å². The molecule has 2 aromatic carbocycles. The summed E-state index contributed by atoms with van der Waals surface area (Å²) in [6.45, 7) is 0.502. The van der Waals surface area contributed by atoms with E-state index in [4.69, 9.17) is 27.9 Å². The molecule has 3 rings (SSSR count). The number of rotatable bonds is 6. The van der Waals surface area contributed by atoms with Crippen LogP contribution in [0.15, 0.2) is 48.7 Å². The van der Waals surface area contributed by atoms with Gasteiger partial charge in [-0.3, -0.25) is 0 Å². The summed E-state index contributed by atoms with van der Waals surface area (Å²) in [6.07, 6.45) is 1.49. The fourth-order valence-electron chi connectivity index (χ4n) is 2.21. The minimum Gasteiger partial charge on any atom is -0.496 e. The number of para-hydroxylation sites is 2. The van der Waals surface area contributed by atoms with Crippen molar-refractivity contribution in [3.05, 3.63) is 64.3 Å². The lowest BCUT2D eigenvalue weighted by Gasteiger charge is -2.11. The Hall–Kier alpha value is -2.57. The zero-order valence-electron chi connectivity index (χ0n) is 13.3. The summed E-state index contributed by atoms with van der Waals surface area (Å²) in [4.78, 5) is 4.37. The van der Waals surface area contributed by atoms with Crippen LogP contribution in [0, 0.1) is 0 Å². The van der Waals surface area contributed by atoms with Crippen LogP contribution in [0.3, 0.4) is 0 Å². The van der Waals surface area contributed by atoms with Gasteiger partial charge in [-0.1, -0.05) is 47.5 Å². The zero-order valence-corrected chi connectivity index (χ0v) is 14.8. The second kappa shape index (κ2) is 8.00. The number of hydrogen-bond donors (Lipinski definition) is 2. The van der Waals surface area contributed by atoms with Crippen molar-refractivity contribution in [2.75, 3.05) is 17.7 Å². The van der Waals surface area contributed by atoms with Crippen molar-refractivity contribution in [3.63, 3.8) is 0 Å². The summed E-state index contributed by atoms with van der Waals surface area (Å²) >= 11 is 12.3. The maximum absolute atomic E-state index is 6.15. The molecule has 0 aliphatic rings. The predicted molar refractivity (Wildman–Crippen MR) is 99.9 cm³/mol. The molecular formula is C17H15Cl2N5O. The Morgan fingerprint density at radius 1 is 1.04 bits per heavy atom. The molecule has 0 bridgehead atoms. The van der Waals surface area contributed by atoms with E-state index in [1.165, 1.54) is 6.20 Å². The van der Waals surface area contributed by atoms with E-state index in [0.29, 0.717) is 34.0 Å². The molecule has 128 valence electrons. The summed E-state index contributed by atoms with van der Waals surface area (Å²) in [7, 11) is 1.63. The van der Waals surface area contributed by atoms with Gasteiger partial charge < -0.3 is 15.4 Å². The van der Waals surface area contributed by atoms with Crippen LogP contribution in [0.5, 0.6) is 5.75 Å². The highest BCUT2D eigenvalue weighted by Gasteiger charge is 2.08. The predicted octanol–water partition coefficient (Wildman–Crippen LogP) is 4.54. The molecule has 2 N–H and O–H groups in total. The molecule has 0 unspecified atom stereocenters. The van der Waals surface area contributed by atoms with E-state index in [1.54, 1.807) is 25.3 Å². The van der Waals surface area contributed by atoms with Gasteiger partial charge in [-0.15, -0.1) is 5.10 Å². The highest BCUT2D eigenvalue weighted by molar-refractivity contribution is 6.39. The number of aromatic nitrogens is 3. The van der Waals surface area contributed by atoms with E-state index >= 15 is 0 Å². The molecule has 3 aromatic rings. The number of hydrogen-bond acceptors (Lipinski definition) is 6. The molecule has 1 heterocycles. The van der Waals surface area contributed by atoms with Gasteiger partial charge in [0.25, 0.3) is 0 Å². The number of nitrogens with zero attached hydrogens (tertiary/aromatic N) is 3. The molecule has 0 fully saturated rings. The van der Waals surface area contributed by atoms with Crippen molar-refractivity contribution in [1.82, 2.24) is 15.2 Å². The normalized spacial score (nSPS) is 10.4. The highest BCUT2D eigenvalue weighted by Crippen LogP contribution is 2.31. The first-order valence-electron chi connectivity index (χ1n) is 7.44. The molecule has 1 aromatic heterocycles. The molecule has 8 heteroatoms. The summed E-state index contributed by atoms with van der Waals surface area (Å²) in [5.41, 5.74) is 1.56. The highest BCUT2D eigenvalue weighted by atomic mass is 35.5. The summed E-state index contributed by atoms with van der Waals surface area (Å²) < 4.78 is 5.32. The molecule has 6 nitrogen and oxygen atoms in total. The molecule has 25 heavy (non-hydrogen) atoms. The second-order valence-corrected chi connectivity index (χ2v) is 5.87. The van der Waals surface area contributed by atoms with Gasteiger partial charge in [0.15, 0.2) is 5.82 Å². The van der Waals surface area contributed by atoms with Gasteiger partial charge in [-0.25, -0.2) is 0 Å². The Balaban J connectivity index is 1.73. The van der Waals surface area contributed by atoms with Crippen molar-refractivity contribution in [3.8, 4) is 5.75 Å². The minimum atomic E-state index is 0.374. The van der Waals surface area contributed by atoms with E-state index in [0.717, 1.165) is 11.3 Å². The van der Waals surface area contributed by atoms with Crippen molar-refractivity contribution < 1.29 is 4.74 Å². The molecule has 0 aliphatic carbocycles. The van der Waals surface area contributed by atoms with Crippen LogP contribution < -0.4 is 15.4 Å². The number of ether oxygens (including phenoxy) is 1. The number of methoxy groups -OCH3 is 1. The minimum absolute atomic E-state index is 0.374. The van der Waals surface area contributed by atoms with E-state index in [1.807, 2.05) is 24.3 Å². The van der Waals surface area contributed by atoms with E-state index in [2.05, 4.69) is 25.8 Å². The third kappa shape index (κ3) is 4.29. The first-order valence-corrected chi connectivity index (χ1v) is 8.19. The topological polar surface area (TPSA) is 72.0 Å². The van der Waals surface area contributed by atoms with Crippen LogP contribution in [-0.4, -0.2) is 22.3 Å². The van der Waals surface area contributed by atoms with Crippen LogP contribution in [0.25, 0.3) is 0 Å². The van der Waals surface area contributed by atoms with Gasteiger partial charge in [-0.05, 0) is 18.2 Å². The van der Waals surface area contributed by atoms with E-state index < -0.39 is 0 Å². The van der Waals surface area contributed by atoms with Crippen LogP contribution >= 0.6 is 23.2 Å². The lowest BCUT2D eigenvalue weighted by molar-refractivity contribution is 0.410. The average Bonchev–Trinajstić information content (AvgIpc) is 2.64.